The number of anilines is 1. The Morgan fingerprint density at radius 3 is 2.75 bits per heavy atom. The van der Waals surface area contributed by atoms with E-state index in [2.05, 4.69) is 12.2 Å². The number of rotatable bonds is 3. The molecule has 0 aliphatic heterocycles. The van der Waals surface area contributed by atoms with Crippen molar-refractivity contribution in [3.8, 4) is 0 Å². The van der Waals surface area contributed by atoms with E-state index in [1.54, 1.807) is 0 Å². The Morgan fingerprint density at radius 2 is 2.25 bits per heavy atom. The van der Waals surface area contributed by atoms with Crippen LogP contribution in [-0.4, -0.2) is 13.3 Å². The van der Waals surface area contributed by atoms with Crippen molar-refractivity contribution in [3.63, 3.8) is 0 Å². The summed E-state index contributed by atoms with van der Waals surface area (Å²) in [7, 11) is 1.85. The van der Waals surface area contributed by atoms with Gasteiger partial charge < -0.3 is 10.7 Å². The summed E-state index contributed by atoms with van der Waals surface area (Å²) in [6.45, 7) is 2.11. The van der Waals surface area contributed by atoms with Gasteiger partial charge >= 0.3 is 0 Å². The molecule has 12 heavy (non-hydrogen) atoms. The van der Waals surface area contributed by atoms with Crippen molar-refractivity contribution in [1.82, 2.24) is 0 Å². The summed E-state index contributed by atoms with van der Waals surface area (Å²) in [6, 6.07) is 5.97. The zero-order valence-electron chi connectivity index (χ0n) is 7.46. The van der Waals surface area contributed by atoms with E-state index in [-0.39, 0.29) is 0 Å². The third kappa shape index (κ3) is 1.64. The van der Waals surface area contributed by atoms with Crippen molar-refractivity contribution in [2.45, 2.75) is 13.3 Å². The van der Waals surface area contributed by atoms with E-state index in [0.717, 1.165) is 23.9 Å². The van der Waals surface area contributed by atoms with Gasteiger partial charge in [0.1, 0.15) is 0 Å². The topological polar surface area (TPSA) is 34.3 Å². The van der Waals surface area contributed by atoms with E-state index in [4.69, 9.17) is 5.41 Å². The summed E-state index contributed by atoms with van der Waals surface area (Å²) in [4.78, 5) is 0. The van der Waals surface area contributed by atoms with Gasteiger partial charge in [0.25, 0.3) is 0 Å². The Balaban J connectivity index is 3.10. The van der Waals surface area contributed by atoms with E-state index >= 15 is 0 Å². The van der Waals surface area contributed by atoms with E-state index in [0.29, 0.717) is 0 Å². The zero-order valence-corrected chi connectivity index (χ0v) is 7.46. The SMILES string of the molecule is CCc1ccc(C=[N-])c(NC)c1. The summed E-state index contributed by atoms with van der Waals surface area (Å²) in [5.74, 6) is 0. The minimum Gasteiger partial charge on any atom is -0.810 e. The van der Waals surface area contributed by atoms with E-state index in [1.165, 1.54) is 5.56 Å². The van der Waals surface area contributed by atoms with Crippen LogP contribution in [0.4, 0.5) is 5.69 Å². The average molecular weight is 161 g/mol. The molecular formula is C10H13N2-. The van der Waals surface area contributed by atoms with E-state index in [9.17, 15) is 0 Å². The molecule has 2 nitrogen and oxygen atoms in total. The molecule has 0 amide bonds. The molecule has 0 aliphatic rings. The lowest BCUT2D eigenvalue weighted by molar-refractivity contribution is 1.14. The molecule has 0 bridgehead atoms. The molecule has 0 unspecified atom stereocenters. The molecule has 0 saturated carbocycles. The number of nitrogens with one attached hydrogen (secondary N) is 1. The molecular weight excluding hydrogens is 148 g/mol. The Kier molecular flexibility index (Phi) is 2.86. The van der Waals surface area contributed by atoms with Crippen LogP contribution < -0.4 is 5.32 Å². The monoisotopic (exact) mass is 161 g/mol. The summed E-state index contributed by atoms with van der Waals surface area (Å²) >= 11 is 0. The lowest BCUT2D eigenvalue weighted by Gasteiger charge is -2.08. The maximum atomic E-state index is 8.85. The van der Waals surface area contributed by atoms with Gasteiger partial charge in [-0.15, -0.1) is 0 Å². The highest BCUT2D eigenvalue weighted by Gasteiger charge is 1.95. The van der Waals surface area contributed by atoms with Crippen LogP contribution in [0.1, 0.15) is 18.1 Å². The van der Waals surface area contributed by atoms with Crippen molar-refractivity contribution in [2.24, 2.45) is 0 Å². The van der Waals surface area contributed by atoms with Gasteiger partial charge in [0.15, 0.2) is 0 Å². The summed E-state index contributed by atoms with van der Waals surface area (Å²) in [5, 5.41) is 11.9. The van der Waals surface area contributed by atoms with Gasteiger partial charge in [0, 0.05) is 12.7 Å². The molecule has 0 spiro atoms. The van der Waals surface area contributed by atoms with Crippen molar-refractivity contribution >= 4 is 11.9 Å². The minimum absolute atomic E-state index is 0.828. The largest absolute Gasteiger partial charge is 0.810 e. The number of benzene rings is 1. The van der Waals surface area contributed by atoms with Gasteiger partial charge in [-0.05, 0) is 23.6 Å². The normalized spacial score (nSPS) is 9.50. The molecule has 0 radical (unpaired) electrons. The van der Waals surface area contributed by atoms with Crippen LogP contribution in [0.2, 0.25) is 0 Å². The lowest BCUT2D eigenvalue weighted by Crippen LogP contribution is -1.95. The van der Waals surface area contributed by atoms with Crippen molar-refractivity contribution < 1.29 is 0 Å². The predicted molar refractivity (Wildman–Crippen MR) is 53.9 cm³/mol. The Labute approximate surface area is 73.1 Å². The van der Waals surface area contributed by atoms with Gasteiger partial charge in [0.2, 0.25) is 0 Å². The van der Waals surface area contributed by atoms with Crippen LogP contribution in [0.5, 0.6) is 0 Å². The number of hydrogen-bond donors (Lipinski definition) is 1. The van der Waals surface area contributed by atoms with Gasteiger partial charge in [-0.3, -0.25) is 0 Å². The Hall–Kier alpha value is -1.31. The van der Waals surface area contributed by atoms with Crippen molar-refractivity contribution in [3.05, 3.63) is 34.7 Å². The molecule has 0 aliphatic carbocycles. The highest BCUT2D eigenvalue weighted by atomic mass is 14.8. The third-order valence-corrected chi connectivity index (χ3v) is 1.93. The molecule has 64 valence electrons. The molecule has 2 heteroatoms. The molecule has 0 aromatic heterocycles. The van der Waals surface area contributed by atoms with Gasteiger partial charge in [-0.25, -0.2) is 0 Å². The Morgan fingerprint density at radius 1 is 1.50 bits per heavy atom. The predicted octanol–water partition coefficient (Wildman–Crippen LogP) is 2.28. The molecule has 0 fully saturated rings. The first-order valence-corrected chi connectivity index (χ1v) is 4.10. The molecule has 0 heterocycles. The quantitative estimate of drug-likeness (QED) is 0.678. The number of nitrogens with zero attached hydrogens (tertiary/aromatic N) is 1. The Bertz CT molecular complexity index is 279. The summed E-state index contributed by atoms with van der Waals surface area (Å²) < 4.78 is 0. The second-order valence-electron chi connectivity index (χ2n) is 2.65. The van der Waals surface area contributed by atoms with Crippen molar-refractivity contribution in [1.29, 1.82) is 0 Å². The van der Waals surface area contributed by atoms with Crippen LogP contribution in [0.3, 0.4) is 0 Å². The fourth-order valence-electron chi connectivity index (χ4n) is 1.15. The molecule has 0 atom stereocenters. The summed E-state index contributed by atoms with van der Waals surface area (Å²) in [5.41, 5.74) is 3.07. The van der Waals surface area contributed by atoms with Crippen LogP contribution in [-0.2, 0) is 6.42 Å². The smallest absolute Gasteiger partial charge is 0.0395 e. The standard InChI is InChI=1S/C10H13N2/c1-3-8-4-5-9(7-11)10(6-8)12-2/h4-7,12H,3H2,1-2H3/q-1. The fourth-order valence-corrected chi connectivity index (χ4v) is 1.15. The van der Waals surface area contributed by atoms with E-state index < -0.39 is 0 Å². The fraction of sp³-hybridized carbons (Fsp3) is 0.300. The average Bonchev–Trinajstić information content (AvgIpc) is 2.16. The molecule has 1 N–H and O–H groups in total. The maximum absolute atomic E-state index is 8.85. The first-order chi connectivity index (χ1) is 5.81. The second-order valence-corrected chi connectivity index (χ2v) is 2.65. The highest BCUT2D eigenvalue weighted by Crippen LogP contribution is 2.15. The maximum Gasteiger partial charge on any atom is 0.0395 e. The van der Waals surface area contributed by atoms with Crippen LogP contribution >= 0.6 is 0 Å². The number of hydrogen-bond acceptors (Lipinski definition) is 1. The lowest BCUT2D eigenvalue weighted by atomic mass is 10.1. The summed E-state index contributed by atoms with van der Waals surface area (Å²) in [6.07, 6.45) is 2.13. The van der Waals surface area contributed by atoms with Crippen LogP contribution in [0, 0.1) is 0 Å². The first kappa shape index (κ1) is 8.78. The molecule has 0 saturated heterocycles. The first-order valence-electron chi connectivity index (χ1n) is 4.10. The molecule has 1 aromatic carbocycles. The van der Waals surface area contributed by atoms with E-state index in [1.807, 2.05) is 25.2 Å². The molecule has 1 rings (SSSR count). The number of aryl methyl sites for hydroxylation is 1. The zero-order chi connectivity index (χ0) is 8.97. The van der Waals surface area contributed by atoms with Crippen LogP contribution in [0.25, 0.3) is 5.41 Å². The van der Waals surface area contributed by atoms with Gasteiger partial charge in [-0.2, -0.15) is 6.21 Å². The van der Waals surface area contributed by atoms with Crippen molar-refractivity contribution in [2.75, 3.05) is 12.4 Å². The highest BCUT2D eigenvalue weighted by molar-refractivity contribution is 5.89. The third-order valence-electron chi connectivity index (χ3n) is 1.93. The van der Waals surface area contributed by atoms with Gasteiger partial charge in [0.05, 0.1) is 0 Å². The van der Waals surface area contributed by atoms with Gasteiger partial charge in [-0.1, -0.05) is 19.1 Å². The van der Waals surface area contributed by atoms with Crippen LogP contribution in [0.15, 0.2) is 18.2 Å². The molecule has 1 aromatic rings. The minimum atomic E-state index is 0.828. The second kappa shape index (κ2) is 3.90.